The van der Waals surface area contributed by atoms with Gasteiger partial charge in [-0.1, -0.05) is 50.8 Å². The summed E-state index contributed by atoms with van der Waals surface area (Å²) in [5, 5.41) is 4.45. The SMILES string of the molecule is CC1CCC(CCNCC2Cc3ccccc3S2)CC1. The molecule has 1 N–H and O–H groups in total. The lowest BCUT2D eigenvalue weighted by molar-refractivity contribution is 0.275. The molecule has 1 aliphatic carbocycles. The van der Waals surface area contributed by atoms with Crippen LogP contribution < -0.4 is 5.32 Å². The lowest BCUT2D eigenvalue weighted by Gasteiger charge is -2.26. The third-order valence-corrected chi connectivity index (χ3v) is 6.27. The van der Waals surface area contributed by atoms with Crippen molar-refractivity contribution in [3.05, 3.63) is 29.8 Å². The highest BCUT2D eigenvalue weighted by molar-refractivity contribution is 8.00. The van der Waals surface area contributed by atoms with Crippen molar-refractivity contribution in [1.29, 1.82) is 0 Å². The molecule has 2 aliphatic rings. The molecule has 1 nitrogen and oxygen atoms in total. The lowest BCUT2D eigenvalue weighted by atomic mass is 9.81. The first-order valence-corrected chi connectivity index (χ1v) is 9.14. The summed E-state index contributed by atoms with van der Waals surface area (Å²) in [6.07, 6.45) is 8.47. The van der Waals surface area contributed by atoms with Gasteiger partial charge in [-0.3, -0.25) is 0 Å². The van der Waals surface area contributed by atoms with Crippen molar-refractivity contribution in [3.63, 3.8) is 0 Å². The monoisotopic (exact) mass is 289 g/mol. The molecule has 0 bridgehead atoms. The molecule has 1 aromatic carbocycles. The molecule has 0 spiro atoms. The molecule has 0 aromatic heterocycles. The standard InChI is InChI=1S/C18H27NS/c1-14-6-8-15(9-7-14)10-11-19-13-17-12-16-4-2-3-5-18(16)20-17/h2-5,14-15,17,19H,6-13H2,1H3. The fourth-order valence-electron chi connectivity index (χ4n) is 3.55. The second-order valence-corrected chi connectivity index (χ2v) is 8.01. The Labute approximate surface area is 127 Å². The van der Waals surface area contributed by atoms with Crippen LogP contribution in [-0.2, 0) is 6.42 Å². The van der Waals surface area contributed by atoms with Gasteiger partial charge in [0.1, 0.15) is 0 Å². The molecule has 20 heavy (non-hydrogen) atoms. The maximum Gasteiger partial charge on any atom is 0.0260 e. The van der Waals surface area contributed by atoms with E-state index < -0.39 is 0 Å². The van der Waals surface area contributed by atoms with E-state index in [0.717, 1.165) is 17.1 Å². The van der Waals surface area contributed by atoms with Crippen molar-refractivity contribution in [2.75, 3.05) is 13.1 Å². The molecule has 2 heteroatoms. The zero-order valence-corrected chi connectivity index (χ0v) is 13.4. The average Bonchev–Trinajstić information content (AvgIpc) is 2.88. The van der Waals surface area contributed by atoms with Gasteiger partial charge in [-0.2, -0.15) is 0 Å². The summed E-state index contributed by atoms with van der Waals surface area (Å²) in [7, 11) is 0. The van der Waals surface area contributed by atoms with Gasteiger partial charge in [0.15, 0.2) is 0 Å². The Bertz CT molecular complexity index is 398. The molecule has 1 saturated carbocycles. The molecule has 1 atom stereocenters. The molecule has 110 valence electrons. The topological polar surface area (TPSA) is 12.0 Å². The fraction of sp³-hybridized carbons (Fsp3) is 0.667. The summed E-state index contributed by atoms with van der Waals surface area (Å²) < 4.78 is 0. The molecule has 0 amide bonds. The maximum absolute atomic E-state index is 3.70. The highest BCUT2D eigenvalue weighted by atomic mass is 32.2. The molecule has 1 aliphatic heterocycles. The molecule has 0 radical (unpaired) electrons. The quantitative estimate of drug-likeness (QED) is 0.800. The zero-order chi connectivity index (χ0) is 13.8. The summed E-state index contributed by atoms with van der Waals surface area (Å²) in [4.78, 5) is 1.50. The normalized spacial score (nSPS) is 29.4. The van der Waals surface area contributed by atoms with Crippen molar-refractivity contribution in [2.24, 2.45) is 11.8 Å². The Hall–Kier alpha value is -0.470. The van der Waals surface area contributed by atoms with E-state index in [1.165, 1.54) is 56.5 Å². The van der Waals surface area contributed by atoms with Gasteiger partial charge in [0.05, 0.1) is 0 Å². The van der Waals surface area contributed by atoms with E-state index in [9.17, 15) is 0 Å². The smallest absolute Gasteiger partial charge is 0.0260 e. The number of benzene rings is 1. The maximum atomic E-state index is 3.70. The molecule has 1 fully saturated rings. The van der Waals surface area contributed by atoms with Crippen molar-refractivity contribution >= 4 is 11.8 Å². The van der Waals surface area contributed by atoms with E-state index >= 15 is 0 Å². The minimum absolute atomic E-state index is 0.749. The fourth-order valence-corrected chi connectivity index (χ4v) is 4.84. The second kappa shape index (κ2) is 7.00. The van der Waals surface area contributed by atoms with Gasteiger partial charge in [-0.15, -0.1) is 11.8 Å². The minimum Gasteiger partial charge on any atom is -0.316 e. The van der Waals surface area contributed by atoms with Crippen LogP contribution in [0.4, 0.5) is 0 Å². The van der Waals surface area contributed by atoms with Gasteiger partial charge < -0.3 is 5.32 Å². The predicted molar refractivity (Wildman–Crippen MR) is 88.4 cm³/mol. The number of hydrogen-bond donors (Lipinski definition) is 1. The Morgan fingerprint density at radius 2 is 1.95 bits per heavy atom. The van der Waals surface area contributed by atoms with Gasteiger partial charge in [-0.05, 0) is 42.9 Å². The molecule has 0 saturated heterocycles. The van der Waals surface area contributed by atoms with Gasteiger partial charge in [0.2, 0.25) is 0 Å². The van der Waals surface area contributed by atoms with E-state index in [1.54, 1.807) is 5.56 Å². The first-order valence-electron chi connectivity index (χ1n) is 8.26. The van der Waals surface area contributed by atoms with E-state index in [4.69, 9.17) is 0 Å². The predicted octanol–water partition coefficient (Wildman–Crippen LogP) is 4.51. The zero-order valence-electron chi connectivity index (χ0n) is 12.6. The second-order valence-electron chi connectivity index (χ2n) is 6.67. The minimum atomic E-state index is 0.749. The Morgan fingerprint density at radius 1 is 1.15 bits per heavy atom. The van der Waals surface area contributed by atoms with Crippen LogP contribution in [0.3, 0.4) is 0 Å². The van der Waals surface area contributed by atoms with Gasteiger partial charge in [0.25, 0.3) is 0 Å². The van der Waals surface area contributed by atoms with E-state index in [0.29, 0.717) is 0 Å². The van der Waals surface area contributed by atoms with Gasteiger partial charge in [-0.25, -0.2) is 0 Å². The molecule has 1 aromatic rings. The highest BCUT2D eigenvalue weighted by Gasteiger charge is 2.21. The lowest BCUT2D eigenvalue weighted by Crippen LogP contribution is -2.27. The van der Waals surface area contributed by atoms with Crippen molar-refractivity contribution in [2.45, 2.75) is 55.6 Å². The molecule has 1 unspecified atom stereocenters. The van der Waals surface area contributed by atoms with Crippen LogP contribution in [0.2, 0.25) is 0 Å². The van der Waals surface area contributed by atoms with Crippen molar-refractivity contribution < 1.29 is 0 Å². The van der Waals surface area contributed by atoms with Gasteiger partial charge in [0, 0.05) is 16.7 Å². The van der Waals surface area contributed by atoms with Crippen molar-refractivity contribution in [3.8, 4) is 0 Å². The number of fused-ring (bicyclic) bond motifs is 1. The van der Waals surface area contributed by atoms with Crippen LogP contribution in [0, 0.1) is 11.8 Å². The summed E-state index contributed by atoms with van der Waals surface area (Å²) in [5.41, 5.74) is 1.55. The number of hydrogen-bond acceptors (Lipinski definition) is 2. The highest BCUT2D eigenvalue weighted by Crippen LogP contribution is 2.36. The largest absolute Gasteiger partial charge is 0.316 e. The molecular formula is C18H27NS. The summed E-state index contributed by atoms with van der Waals surface area (Å²) in [6.45, 7) is 4.79. The molecular weight excluding hydrogens is 262 g/mol. The van der Waals surface area contributed by atoms with Crippen LogP contribution in [-0.4, -0.2) is 18.3 Å². The van der Waals surface area contributed by atoms with Crippen LogP contribution in [0.15, 0.2) is 29.2 Å². The summed E-state index contributed by atoms with van der Waals surface area (Å²) >= 11 is 2.06. The van der Waals surface area contributed by atoms with E-state index in [-0.39, 0.29) is 0 Å². The first kappa shape index (κ1) is 14.5. The van der Waals surface area contributed by atoms with Crippen LogP contribution >= 0.6 is 11.8 Å². The first-order chi connectivity index (χ1) is 9.81. The Balaban J connectivity index is 1.32. The Morgan fingerprint density at radius 3 is 2.75 bits per heavy atom. The van der Waals surface area contributed by atoms with E-state index in [2.05, 4.69) is 48.3 Å². The number of thioether (sulfide) groups is 1. The molecule has 3 rings (SSSR count). The third kappa shape index (κ3) is 3.79. The van der Waals surface area contributed by atoms with E-state index in [1.807, 2.05) is 0 Å². The number of rotatable bonds is 5. The van der Waals surface area contributed by atoms with Crippen LogP contribution in [0.5, 0.6) is 0 Å². The summed E-state index contributed by atoms with van der Waals surface area (Å²) in [5.74, 6) is 1.97. The van der Waals surface area contributed by atoms with Crippen LogP contribution in [0.1, 0.15) is 44.6 Å². The van der Waals surface area contributed by atoms with Gasteiger partial charge >= 0.3 is 0 Å². The molecule has 1 heterocycles. The average molecular weight is 289 g/mol. The van der Waals surface area contributed by atoms with Crippen molar-refractivity contribution in [1.82, 2.24) is 5.32 Å². The third-order valence-electron chi connectivity index (χ3n) is 4.95. The Kier molecular flexibility index (Phi) is 5.06. The summed E-state index contributed by atoms with van der Waals surface area (Å²) in [6, 6.07) is 8.87. The number of nitrogens with one attached hydrogen (secondary N) is 1. The van der Waals surface area contributed by atoms with Crippen LogP contribution in [0.25, 0.3) is 0 Å².